The van der Waals surface area contributed by atoms with Gasteiger partial charge in [0.25, 0.3) is 0 Å². The molecule has 17 heavy (non-hydrogen) atoms. The standard InChI is InChI=1S/C14H26N2S/c1-6-12-10-16-13(17-12)11(2)15-9-7-8-14(3,4)5/h10-11,15H,6-9H2,1-5H3. The third-order valence-electron chi connectivity index (χ3n) is 2.84. The van der Waals surface area contributed by atoms with Gasteiger partial charge in [0, 0.05) is 11.1 Å². The maximum atomic E-state index is 4.47. The molecule has 1 heterocycles. The molecule has 0 bridgehead atoms. The second-order valence-electron chi connectivity index (χ2n) is 5.86. The number of rotatable bonds is 6. The van der Waals surface area contributed by atoms with Gasteiger partial charge in [0.2, 0.25) is 0 Å². The summed E-state index contributed by atoms with van der Waals surface area (Å²) in [6.07, 6.45) is 5.60. The molecular formula is C14H26N2S. The van der Waals surface area contributed by atoms with Crippen LogP contribution in [-0.4, -0.2) is 11.5 Å². The fourth-order valence-electron chi connectivity index (χ4n) is 1.71. The zero-order valence-corrected chi connectivity index (χ0v) is 12.7. The molecule has 1 atom stereocenters. The van der Waals surface area contributed by atoms with Crippen molar-refractivity contribution in [1.29, 1.82) is 0 Å². The van der Waals surface area contributed by atoms with Gasteiger partial charge in [-0.25, -0.2) is 4.98 Å². The van der Waals surface area contributed by atoms with Crippen molar-refractivity contribution in [2.75, 3.05) is 6.54 Å². The van der Waals surface area contributed by atoms with E-state index in [2.05, 4.69) is 44.9 Å². The summed E-state index contributed by atoms with van der Waals surface area (Å²) < 4.78 is 0. The van der Waals surface area contributed by atoms with Crippen LogP contribution >= 0.6 is 11.3 Å². The highest BCUT2D eigenvalue weighted by Gasteiger charge is 2.11. The van der Waals surface area contributed by atoms with E-state index < -0.39 is 0 Å². The number of nitrogens with zero attached hydrogens (tertiary/aromatic N) is 1. The first-order valence-corrected chi connectivity index (χ1v) is 7.42. The minimum atomic E-state index is 0.389. The summed E-state index contributed by atoms with van der Waals surface area (Å²) in [6.45, 7) is 12.4. The second kappa shape index (κ2) is 6.50. The van der Waals surface area contributed by atoms with Crippen LogP contribution in [0.1, 0.15) is 63.4 Å². The Labute approximate surface area is 110 Å². The van der Waals surface area contributed by atoms with Crippen molar-refractivity contribution in [3.05, 3.63) is 16.1 Å². The highest BCUT2D eigenvalue weighted by atomic mass is 32.1. The average Bonchev–Trinajstić information content (AvgIpc) is 2.71. The van der Waals surface area contributed by atoms with Gasteiger partial charge in [0.15, 0.2) is 0 Å². The molecule has 0 saturated carbocycles. The van der Waals surface area contributed by atoms with Gasteiger partial charge in [0.05, 0.1) is 6.04 Å². The maximum Gasteiger partial charge on any atom is 0.109 e. The van der Waals surface area contributed by atoms with Crippen molar-refractivity contribution in [2.45, 2.75) is 59.9 Å². The van der Waals surface area contributed by atoms with Crippen LogP contribution in [0.3, 0.4) is 0 Å². The zero-order valence-electron chi connectivity index (χ0n) is 11.8. The Bertz CT molecular complexity index is 325. The Kier molecular flexibility index (Phi) is 5.60. The smallest absolute Gasteiger partial charge is 0.109 e. The fraction of sp³-hybridized carbons (Fsp3) is 0.786. The molecular weight excluding hydrogens is 228 g/mol. The number of hydrogen-bond acceptors (Lipinski definition) is 3. The number of aromatic nitrogens is 1. The van der Waals surface area contributed by atoms with Gasteiger partial charge in [-0.15, -0.1) is 11.3 Å². The van der Waals surface area contributed by atoms with Crippen molar-refractivity contribution in [2.24, 2.45) is 5.41 Å². The van der Waals surface area contributed by atoms with E-state index in [1.165, 1.54) is 22.7 Å². The molecule has 0 aliphatic heterocycles. The molecule has 2 nitrogen and oxygen atoms in total. The monoisotopic (exact) mass is 254 g/mol. The number of hydrogen-bond donors (Lipinski definition) is 1. The Morgan fingerprint density at radius 3 is 2.65 bits per heavy atom. The highest BCUT2D eigenvalue weighted by Crippen LogP contribution is 2.22. The summed E-state index contributed by atoms with van der Waals surface area (Å²) in [5.41, 5.74) is 0.446. The predicted octanol–water partition coefficient (Wildman–Crippen LogP) is 4.18. The number of nitrogens with one attached hydrogen (secondary N) is 1. The first-order valence-electron chi connectivity index (χ1n) is 6.60. The molecule has 0 spiro atoms. The Morgan fingerprint density at radius 2 is 2.12 bits per heavy atom. The zero-order chi connectivity index (χ0) is 12.9. The lowest BCUT2D eigenvalue weighted by Crippen LogP contribution is -2.21. The predicted molar refractivity (Wildman–Crippen MR) is 76.6 cm³/mol. The molecule has 1 aromatic heterocycles. The number of aryl methyl sites for hydroxylation is 1. The molecule has 3 heteroatoms. The summed E-state index contributed by atoms with van der Waals surface area (Å²) in [5, 5.41) is 4.78. The van der Waals surface area contributed by atoms with Gasteiger partial charge < -0.3 is 5.32 Å². The van der Waals surface area contributed by atoms with E-state index in [1.807, 2.05) is 17.5 Å². The Balaban J connectivity index is 2.27. The fourth-order valence-corrected chi connectivity index (χ4v) is 2.59. The normalized spacial score (nSPS) is 13.9. The van der Waals surface area contributed by atoms with Crippen LogP contribution < -0.4 is 5.32 Å². The minimum Gasteiger partial charge on any atom is -0.308 e. The average molecular weight is 254 g/mol. The van der Waals surface area contributed by atoms with Gasteiger partial charge in [-0.2, -0.15) is 0 Å². The quantitative estimate of drug-likeness (QED) is 0.770. The molecule has 98 valence electrons. The van der Waals surface area contributed by atoms with Crippen LogP contribution in [0.25, 0.3) is 0 Å². The molecule has 0 saturated heterocycles. The van der Waals surface area contributed by atoms with Crippen LogP contribution in [0.5, 0.6) is 0 Å². The van der Waals surface area contributed by atoms with E-state index in [1.54, 1.807) is 0 Å². The molecule has 1 unspecified atom stereocenters. The second-order valence-corrected chi connectivity index (χ2v) is 7.01. The summed E-state index contributed by atoms with van der Waals surface area (Å²) in [4.78, 5) is 5.85. The van der Waals surface area contributed by atoms with Crippen LogP contribution in [-0.2, 0) is 6.42 Å². The molecule has 0 radical (unpaired) electrons. The number of thiazole rings is 1. The summed E-state index contributed by atoms with van der Waals surface area (Å²) in [6, 6.07) is 0.389. The molecule has 0 aliphatic rings. The third-order valence-corrected chi connectivity index (χ3v) is 4.17. The Hall–Kier alpha value is -0.410. The summed E-state index contributed by atoms with van der Waals surface area (Å²) >= 11 is 1.83. The molecule has 1 N–H and O–H groups in total. The largest absolute Gasteiger partial charge is 0.308 e. The SMILES string of the molecule is CCc1cnc(C(C)NCCCC(C)(C)C)s1. The topological polar surface area (TPSA) is 24.9 Å². The van der Waals surface area contributed by atoms with Crippen molar-refractivity contribution in [3.8, 4) is 0 Å². The van der Waals surface area contributed by atoms with Gasteiger partial charge in [-0.1, -0.05) is 27.7 Å². The van der Waals surface area contributed by atoms with Crippen LogP contribution in [0.2, 0.25) is 0 Å². The van der Waals surface area contributed by atoms with E-state index >= 15 is 0 Å². The highest BCUT2D eigenvalue weighted by molar-refractivity contribution is 7.11. The minimum absolute atomic E-state index is 0.389. The first kappa shape index (κ1) is 14.7. The molecule has 0 amide bonds. The summed E-state index contributed by atoms with van der Waals surface area (Å²) in [7, 11) is 0. The third kappa shape index (κ3) is 5.64. The van der Waals surface area contributed by atoms with Crippen molar-refractivity contribution >= 4 is 11.3 Å². The van der Waals surface area contributed by atoms with E-state index in [-0.39, 0.29) is 0 Å². The van der Waals surface area contributed by atoms with Crippen LogP contribution in [0, 0.1) is 5.41 Å². The molecule has 0 fully saturated rings. The van der Waals surface area contributed by atoms with Gasteiger partial charge in [-0.3, -0.25) is 0 Å². The maximum absolute atomic E-state index is 4.47. The van der Waals surface area contributed by atoms with Crippen molar-refractivity contribution in [3.63, 3.8) is 0 Å². The van der Waals surface area contributed by atoms with E-state index in [0.717, 1.165) is 13.0 Å². The molecule has 0 aromatic carbocycles. The van der Waals surface area contributed by atoms with Crippen molar-refractivity contribution in [1.82, 2.24) is 10.3 Å². The lowest BCUT2D eigenvalue weighted by molar-refractivity contribution is 0.357. The van der Waals surface area contributed by atoms with Crippen molar-refractivity contribution < 1.29 is 0 Å². The van der Waals surface area contributed by atoms with Gasteiger partial charge in [0.1, 0.15) is 5.01 Å². The lowest BCUT2D eigenvalue weighted by atomic mass is 9.91. The van der Waals surface area contributed by atoms with E-state index in [9.17, 15) is 0 Å². The van der Waals surface area contributed by atoms with E-state index in [4.69, 9.17) is 0 Å². The van der Waals surface area contributed by atoms with Gasteiger partial charge >= 0.3 is 0 Å². The van der Waals surface area contributed by atoms with Crippen LogP contribution in [0.15, 0.2) is 6.20 Å². The first-order chi connectivity index (χ1) is 7.92. The summed E-state index contributed by atoms with van der Waals surface area (Å²) in [5.74, 6) is 0. The molecule has 0 aliphatic carbocycles. The molecule has 1 rings (SSSR count). The Morgan fingerprint density at radius 1 is 1.41 bits per heavy atom. The van der Waals surface area contributed by atoms with Gasteiger partial charge in [-0.05, 0) is 38.1 Å². The lowest BCUT2D eigenvalue weighted by Gasteiger charge is -2.18. The van der Waals surface area contributed by atoms with Crippen LogP contribution in [0.4, 0.5) is 0 Å². The van der Waals surface area contributed by atoms with E-state index in [0.29, 0.717) is 11.5 Å². The molecule has 1 aromatic rings.